The fourth-order valence-electron chi connectivity index (χ4n) is 7.65. The summed E-state index contributed by atoms with van der Waals surface area (Å²) in [6.45, 7) is 32.0. The molecule has 2 aliphatic rings. The molecule has 0 amide bonds. The highest BCUT2D eigenvalue weighted by Gasteiger charge is 2.32. The largest absolute Gasteiger partial charge is 0.371 e. The average Bonchev–Trinajstić information content (AvgIpc) is 3.06. The van der Waals surface area contributed by atoms with Crippen LogP contribution in [0, 0.1) is 36.5 Å². The topological polar surface area (TPSA) is 35.7 Å². The highest BCUT2D eigenvalue weighted by Crippen LogP contribution is 2.43. The van der Waals surface area contributed by atoms with Crippen molar-refractivity contribution in [2.45, 2.75) is 97.9 Å². The Labute approximate surface area is 300 Å². The Hall–Kier alpha value is -3.26. The normalized spacial score (nSPS) is 21.5. The van der Waals surface area contributed by atoms with Crippen molar-refractivity contribution in [1.82, 2.24) is 14.7 Å². The van der Waals surface area contributed by atoms with E-state index in [0.717, 1.165) is 94.0 Å². The Morgan fingerprint density at radius 1 is 0.939 bits per heavy atom. The van der Waals surface area contributed by atoms with Gasteiger partial charge in [0.1, 0.15) is 0 Å². The maximum absolute atomic E-state index is 6.25. The first-order chi connectivity index (χ1) is 23.2. The van der Waals surface area contributed by atoms with Crippen LogP contribution in [0.2, 0.25) is 0 Å². The smallest absolute Gasteiger partial charge is 0.0788 e. The molecule has 1 aliphatic heterocycles. The lowest BCUT2D eigenvalue weighted by Gasteiger charge is -2.41. The third-order valence-electron chi connectivity index (χ3n) is 11.4. The van der Waals surface area contributed by atoms with Gasteiger partial charge in [-0.3, -0.25) is 4.90 Å². The van der Waals surface area contributed by atoms with E-state index in [2.05, 4.69) is 123 Å². The fraction of sp³-hybridized carbons (Fsp3) is 0.556. The van der Waals surface area contributed by atoms with Gasteiger partial charge in [0.2, 0.25) is 0 Å². The van der Waals surface area contributed by atoms with E-state index >= 15 is 0 Å². The molecule has 4 rings (SSSR count). The molecule has 1 aliphatic carbocycles. The number of nitrogens with zero attached hydrogens (tertiary/aromatic N) is 3. The van der Waals surface area contributed by atoms with E-state index in [4.69, 9.17) is 5.73 Å². The predicted octanol–water partition coefficient (Wildman–Crippen LogP) is 8.96. The second-order valence-corrected chi connectivity index (χ2v) is 16.2. The molecule has 4 nitrogen and oxygen atoms in total. The second-order valence-electron chi connectivity index (χ2n) is 16.2. The molecule has 1 heterocycles. The van der Waals surface area contributed by atoms with Gasteiger partial charge in [-0.25, -0.2) is 0 Å². The first-order valence-corrected chi connectivity index (χ1v) is 18.8. The molecule has 49 heavy (non-hydrogen) atoms. The summed E-state index contributed by atoms with van der Waals surface area (Å²) in [5.41, 5.74) is 16.4. The van der Waals surface area contributed by atoms with Crippen LogP contribution in [0.3, 0.4) is 0 Å². The first-order valence-electron chi connectivity index (χ1n) is 18.8. The fourth-order valence-corrected chi connectivity index (χ4v) is 7.65. The van der Waals surface area contributed by atoms with Crippen molar-refractivity contribution in [3.63, 3.8) is 0 Å². The third kappa shape index (κ3) is 11.4. The second kappa shape index (κ2) is 17.6. The number of allylic oxidation sites excluding steroid dienone is 1. The molecule has 0 bridgehead atoms. The number of piperazine rings is 1. The minimum Gasteiger partial charge on any atom is -0.371 e. The summed E-state index contributed by atoms with van der Waals surface area (Å²) in [4.78, 5) is 6.94. The summed E-state index contributed by atoms with van der Waals surface area (Å²) in [6.07, 6.45) is 7.66. The zero-order valence-electron chi connectivity index (χ0n) is 32.1. The van der Waals surface area contributed by atoms with Gasteiger partial charge in [0.05, 0.1) is 6.54 Å². The molecule has 0 aromatic heterocycles. The lowest BCUT2D eigenvalue weighted by molar-refractivity contribution is 0.150. The number of benzene rings is 2. The molecule has 2 aromatic rings. The first kappa shape index (κ1) is 38.5. The van der Waals surface area contributed by atoms with Crippen LogP contribution in [0.15, 0.2) is 79.2 Å². The van der Waals surface area contributed by atoms with Gasteiger partial charge in [0.25, 0.3) is 0 Å². The van der Waals surface area contributed by atoms with E-state index in [1.165, 1.54) is 40.7 Å². The van der Waals surface area contributed by atoms with E-state index in [-0.39, 0.29) is 5.54 Å². The van der Waals surface area contributed by atoms with Gasteiger partial charge in [0, 0.05) is 63.1 Å². The van der Waals surface area contributed by atoms with Crippen LogP contribution >= 0.6 is 0 Å². The van der Waals surface area contributed by atoms with E-state index < -0.39 is 0 Å². The van der Waals surface area contributed by atoms with Crippen molar-refractivity contribution in [2.24, 2.45) is 23.5 Å². The van der Waals surface area contributed by atoms with Crippen LogP contribution < -0.4 is 5.73 Å². The molecule has 0 radical (unpaired) electrons. The number of hydrogen-bond donors (Lipinski definition) is 1. The Balaban J connectivity index is 1.14. The third-order valence-corrected chi connectivity index (χ3v) is 11.4. The molecular weight excluding hydrogens is 597 g/mol. The maximum Gasteiger partial charge on any atom is 0.0788 e. The maximum atomic E-state index is 6.25. The van der Waals surface area contributed by atoms with Crippen LogP contribution in [0.25, 0.3) is 0 Å². The number of nitrogens with two attached hydrogens (primary N) is 1. The van der Waals surface area contributed by atoms with E-state index in [9.17, 15) is 0 Å². The molecule has 4 atom stereocenters. The molecule has 266 valence electrons. The quantitative estimate of drug-likeness (QED) is 0.162. The van der Waals surface area contributed by atoms with Crippen molar-refractivity contribution < 1.29 is 0 Å². The summed E-state index contributed by atoms with van der Waals surface area (Å²) in [5, 5.41) is 0. The molecule has 0 spiro atoms. The number of aryl methyl sites for hydroxylation is 2. The SMILES string of the molecule is C=C(CC#CCN(C)C(=C)CN1CCN(C(=C)C(C)(C)N)CC1)CCCc1ccc(Cc2cc([C@@H]3C[C@H](C)C[C@H](C)C3C)ccc2C)cc1. The van der Waals surface area contributed by atoms with E-state index in [1.807, 2.05) is 13.8 Å². The zero-order chi connectivity index (χ0) is 35.7. The minimum absolute atomic E-state index is 0.374. The Kier molecular flexibility index (Phi) is 13.8. The van der Waals surface area contributed by atoms with Gasteiger partial charge in [0.15, 0.2) is 0 Å². The van der Waals surface area contributed by atoms with Crippen molar-refractivity contribution >= 4 is 0 Å². The standard InChI is InChI=1S/C45H66N4/c1-33(14-11-12-23-47(10)37(5)32-48-24-26-49(27-25-48)39(7)45(8,9)46)15-13-16-40-18-20-41(21-19-40)30-43-31-42(22-17-35(43)3)44-29-34(2)28-36(4)38(44)6/h17-22,31,34,36,38,44H,1,5,7,13-16,23-30,32,46H2,2-4,6,8-10H3/t34-,36+,38?,44-/m1/s1. The number of hydrogen-bond acceptors (Lipinski definition) is 4. The van der Waals surface area contributed by atoms with Crippen LogP contribution in [0.5, 0.6) is 0 Å². The predicted molar refractivity (Wildman–Crippen MR) is 212 cm³/mol. The lowest BCUT2D eigenvalue weighted by atomic mass is 9.67. The molecule has 1 unspecified atom stereocenters. The molecule has 2 aromatic carbocycles. The van der Waals surface area contributed by atoms with Crippen LogP contribution in [-0.4, -0.2) is 66.6 Å². The highest BCUT2D eigenvalue weighted by atomic mass is 15.3. The van der Waals surface area contributed by atoms with Gasteiger partial charge in [-0.1, -0.05) is 100 Å². The van der Waals surface area contributed by atoms with Crippen molar-refractivity contribution in [3.05, 3.63) is 107 Å². The summed E-state index contributed by atoms with van der Waals surface area (Å²) >= 11 is 0. The molecular formula is C45H66N4. The van der Waals surface area contributed by atoms with Gasteiger partial charge < -0.3 is 15.5 Å². The molecule has 4 heteroatoms. The van der Waals surface area contributed by atoms with E-state index in [1.54, 1.807) is 5.56 Å². The summed E-state index contributed by atoms with van der Waals surface area (Å²) in [7, 11) is 2.09. The van der Waals surface area contributed by atoms with Crippen LogP contribution in [0.4, 0.5) is 0 Å². The lowest BCUT2D eigenvalue weighted by Crippen LogP contribution is -2.51. The summed E-state index contributed by atoms with van der Waals surface area (Å²) in [6, 6.07) is 16.6. The van der Waals surface area contributed by atoms with E-state index in [0.29, 0.717) is 12.5 Å². The van der Waals surface area contributed by atoms with Crippen molar-refractivity contribution in [3.8, 4) is 11.8 Å². The Morgan fingerprint density at radius 3 is 2.29 bits per heavy atom. The number of likely N-dealkylation sites (N-methyl/N-ethyl adjacent to an activating group) is 1. The van der Waals surface area contributed by atoms with Crippen molar-refractivity contribution in [2.75, 3.05) is 46.3 Å². The summed E-state index contributed by atoms with van der Waals surface area (Å²) < 4.78 is 0. The van der Waals surface area contributed by atoms with Gasteiger partial charge >= 0.3 is 0 Å². The minimum atomic E-state index is -0.374. The van der Waals surface area contributed by atoms with Gasteiger partial charge in [-0.15, -0.1) is 0 Å². The molecule has 1 saturated heterocycles. The Bertz CT molecular complexity index is 1470. The van der Waals surface area contributed by atoms with Gasteiger partial charge in [-0.2, -0.15) is 0 Å². The van der Waals surface area contributed by atoms with Gasteiger partial charge in [-0.05, 0) is 111 Å². The average molecular weight is 663 g/mol. The van der Waals surface area contributed by atoms with Crippen LogP contribution in [-0.2, 0) is 12.8 Å². The monoisotopic (exact) mass is 663 g/mol. The highest BCUT2D eigenvalue weighted by molar-refractivity contribution is 5.38. The molecule has 2 fully saturated rings. The zero-order valence-corrected chi connectivity index (χ0v) is 32.1. The molecule has 2 N–H and O–H groups in total. The Morgan fingerprint density at radius 2 is 1.61 bits per heavy atom. The molecule has 1 saturated carbocycles. The van der Waals surface area contributed by atoms with Crippen molar-refractivity contribution in [1.29, 1.82) is 0 Å². The number of rotatable bonds is 14. The van der Waals surface area contributed by atoms with Crippen LogP contribution in [0.1, 0.15) is 100 Å². The summed E-state index contributed by atoms with van der Waals surface area (Å²) in [5.74, 6) is 9.74.